The quantitative estimate of drug-likeness (QED) is 0.348. The van der Waals surface area contributed by atoms with Gasteiger partial charge in [-0.25, -0.2) is 9.67 Å². The Bertz CT molecular complexity index is 1690. The molecule has 1 aliphatic rings. The van der Waals surface area contributed by atoms with Crippen molar-refractivity contribution in [1.82, 2.24) is 29.9 Å². The fourth-order valence-electron chi connectivity index (χ4n) is 4.72. The SMILES string of the molecule is N#Cc1cccc(-c2ccc(=O)n(Cc3cccc(-c4ncc(-c5cnn(C6CCNCC6)c5)s4)c3)n2)c1. The summed E-state index contributed by atoms with van der Waals surface area (Å²) in [6, 6.07) is 21.1. The summed E-state index contributed by atoms with van der Waals surface area (Å²) >= 11 is 1.63. The van der Waals surface area contributed by atoms with E-state index in [0.29, 0.717) is 23.8 Å². The number of hydrogen-bond acceptors (Lipinski definition) is 7. The van der Waals surface area contributed by atoms with E-state index >= 15 is 0 Å². The Morgan fingerprint density at radius 1 is 1.00 bits per heavy atom. The Morgan fingerprint density at radius 3 is 2.71 bits per heavy atom. The minimum Gasteiger partial charge on any atom is -0.317 e. The van der Waals surface area contributed by atoms with Gasteiger partial charge in [-0.2, -0.15) is 15.5 Å². The van der Waals surface area contributed by atoms with E-state index in [-0.39, 0.29) is 5.56 Å². The Kier molecular flexibility index (Phi) is 6.65. The minimum absolute atomic E-state index is 0.183. The third-order valence-electron chi connectivity index (χ3n) is 6.73. The number of nitrogens with one attached hydrogen (secondary N) is 1. The van der Waals surface area contributed by atoms with Crippen LogP contribution in [0.25, 0.3) is 32.3 Å². The molecule has 188 valence electrons. The largest absolute Gasteiger partial charge is 0.317 e. The standard InChI is InChI=1S/C29H25N7OS/c30-15-20-3-1-5-22(13-20)26-7-8-28(37)36(34-26)18-21-4-2-6-23(14-21)29-32-17-27(38-29)24-16-33-35(19-24)25-9-11-31-12-10-25/h1-8,13-14,16-17,19,25,31H,9-12,18H2. The average Bonchev–Trinajstić information content (AvgIpc) is 3.66. The highest BCUT2D eigenvalue weighted by atomic mass is 32.1. The third-order valence-corrected chi connectivity index (χ3v) is 7.83. The van der Waals surface area contributed by atoms with Crippen LogP contribution in [0.4, 0.5) is 0 Å². The summed E-state index contributed by atoms with van der Waals surface area (Å²) in [6.45, 7) is 2.39. The second kappa shape index (κ2) is 10.5. The molecule has 0 atom stereocenters. The molecule has 6 rings (SSSR count). The van der Waals surface area contributed by atoms with Crippen molar-refractivity contribution in [3.8, 4) is 38.3 Å². The van der Waals surface area contributed by atoms with Crippen LogP contribution in [0.5, 0.6) is 0 Å². The van der Waals surface area contributed by atoms with Crippen LogP contribution >= 0.6 is 11.3 Å². The second-order valence-electron chi connectivity index (χ2n) is 9.33. The first-order valence-corrected chi connectivity index (χ1v) is 13.4. The van der Waals surface area contributed by atoms with E-state index in [1.807, 2.05) is 42.7 Å². The maximum Gasteiger partial charge on any atom is 0.267 e. The van der Waals surface area contributed by atoms with Crippen molar-refractivity contribution < 1.29 is 0 Å². The normalized spacial score (nSPS) is 13.9. The van der Waals surface area contributed by atoms with E-state index in [2.05, 4.69) is 43.5 Å². The van der Waals surface area contributed by atoms with Gasteiger partial charge in [-0.3, -0.25) is 9.48 Å². The first-order chi connectivity index (χ1) is 18.7. The van der Waals surface area contributed by atoms with Crippen LogP contribution in [0, 0.1) is 11.3 Å². The van der Waals surface area contributed by atoms with Crippen molar-refractivity contribution >= 4 is 11.3 Å². The van der Waals surface area contributed by atoms with Crippen LogP contribution in [0.2, 0.25) is 0 Å². The second-order valence-corrected chi connectivity index (χ2v) is 10.4. The molecule has 0 amide bonds. The molecule has 2 aromatic carbocycles. The molecular formula is C29H25N7OS. The molecule has 1 aliphatic heterocycles. The van der Waals surface area contributed by atoms with Crippen LogP contribution in [0.3, 0.4) is 0 Å². The van der Waals surface area contributed by atoms with Crippen molar-refractivity contribution in [3.05, 3.63) is 101 Å². The van der Waals surface area contributed by atoms with Crippen molar-refractivity contribution in [2.45, 2.75) is 25.4 Å². The molecule has 9 heteroatoms. The number of piperidine rings is 1. The number of thiazole rings is 1. The van der Waals surface area contributed by atoms with E-state index in [1.165, 1.54) is 10.7 Å². The lowest BCUT2D eigenvalue weighted by Gasteiger charge is -2.22. The summed E-state index contributed by atoms with van der Waals surface area (Å²) in [5, 5.41) is 22.7. The zero-order chi connectivity index (χ0) is 25.9. The molecule has 8 nitrogen and oxygen atoms in total. The number of nitriles is 1. The predicted octanol–water partition coefficient (Wildman–Crippen LogP) is 4.74. The zero-order valence-corrected chi connectivity index (χ0v) is 21.4. The Hall–Kier alpha value is -4.39. The molecule has 5 aromatic rings. The summed E-state index contributed by atoms with van der Waals surface area (Å²) in [6.07, 6.45) is 8.14. The van der Waals surface area contributed by atoms with Crippen LogP contribution in [0.15, 0.2) is 84.0 Å². The van der Waals surface area contributed by atoms with Gasteiger partial charge in [0.2, 0.25) is 0 Å². The first-order valence-electron chi connectivity index (χ1n) is 12.6. The van der Waals surface area contributed by atoms with E-state index in [9.17, 15) is 10.1 Å². The molecule has 0 aliphatic carbocycles. The topological polar surface area (TPSA) is 101 Å². The molecule has 38 heavy (non-hydrogen) atoms. The van der Waals surface area contributed by atoms with Gasteiger partial charge in [-0.1, -0.05) is 30.3 Å². The average molecular weight is 520 g/mol. The first kappa shape index (κ1) is 24.0. The van der Waals surface area contributed by atoms with Crippen molar-refractivity contribution in [2.75, 3.05) is 13.1 Å². The molecule has 0 bridgehead atoms. The smallest absolute Gasteiger partial charge is 0.267 e. The van der Waals surface area contributed by atoms with Gasteiger partial charge >= 0.3 is 0 Å². The molecule has 0 unspecified atom stereocenters. The van der Waals surface area contributed by atoms with Gasteiger partial charge in [0.25, 0.3) is 5.56 Å². The highest BCUT2D eigenvalue weighted by molar-refractivity contribution is 7.18. The third kappa shape index (κ3) is 5.05. The Labute approximate surface area is 223 Å². The molecule has 4 heterocycles. The maximum absolute atomic E-state index is 12.6. The molecule has 1 fully saturated rings. The summed E-state index contributed by atoms with van der Waals surface area (Å²) in [5.41, 5.74) is 4.84. The van der Waals surface area contributed by atoms with Crippen LogP contribution < -0.4 is 10.9 Å². The lowest BCUT2D eigenvalue weighted by Crippen LogP contribution is -2.29. The van der Waals surface area contributed by atoms with Crippen molar-refractivity contribution in [2.24, 2.45) is 0 Å². The molecule has 3 aromatic heterocycles. The summed E-state index contributed by atoms with van der Waals surface area (Å²) in [5.74, 6) is 0. The zero-order valence-electron chi connectivity index (χ0n) is 20.6. The minimum atomic E-state index is -0.183. The molecule has 0 spiro atoms. The van der Waals surface area contributed by atoms with Crippen molar-refractivity contribution in [3.63, 3.8) is 0 Å². The number of nitrogens with zero attached hydrogens (tertiary/aromatic N) is 6. The van der Waals surface area contributed by atoms with Gasteiger partial charge in [-0.05, 0) is 55.8 Å². The van der Waals surface area contributed by atoms with Crippen LogP contribution in [-0.4, -0.2) is 37.6 Å². The van der Waals surface area contributed by atoms with Gasteiger partial charge < -0.3 is 5.32 Å². The van der Waals surface area contributed by atoms with Gasteiger partial charge in [0.15, 0.2) is 0 Å². The lowest BCUT2D eigenvalue weighted by atomic mass is 10.1. The summed E-state index contributed by atoms with van der Waals surface area (Å²) < 4.78 is 3.54. The van der Waals surface area contributed by atoms with Crippen molar-refractivity contribution in [1.29, 1.82) is 5.26 Å². The highest BCUT2D eigenvalue weighted by Crippen LogP contribution is 2.33. The van der Waals surface area contributed by atoms with Gasteiger partial charge in [0, 0.05) is 35.2 Å². The molecule has 0 saturated carbocycles. The summed E-state index contributed by atoms with van der Waals surface area (Å²) in [7, 11) is 0. The molecule has 0 radical (unpaired) electrons. The molecular weight excluding hydrogens is 494 g/mol. The number of benzene rings is 2. The van der Waals surface area contributed by atoms with E-state index in [0.717, 1.165) is 58.1 Å². The summed E-state index contributed by atoms with van der Waals surface area (Å²) in [4.78, 5) is 18.3. The maximum atomic E-state index is 12.6. The van der Waals surface area contributed by atoms with Crippen LogP contribution in [0.1, 0.15) is 30.0 Å². The van der Waals surface area contributed by atoms with Gasteiger partial charge in [0.05, 0.1) is 41.0 Å². The van der Waals surface area contributed by atoms with Crippen LogP contribution in [-0.2, 0) is 6.54 Å². The fourth-order valence-corrected chi connectivity index (χ4v) is 5.60. The van der Waals surface area contributed by atoms with E-state index in [4.69, 9.17) is 0 Å². The highest BCUT2D eigenvalue weighted by Gasteiger charge is 2.17. The van der Waals surface area contributed by atoms with Gasteiger partial charge in [-0.15, -0.1) is 11.3 Å². The number of rotatable bonds is 6. The Balaban J connectivity index is 1.22. The Morgan fingerprint density at radius 2 is 1.84 bits per heavy atom. The number of aromatic nitrogens is 5. The monoisotopic (exact) mass is 519 g/mol. The van der Waals surface area contributed by atoms with E-state index < -0.39 is 0 Å². The molecule has 1 saturated heterocycles. The predicted molar refractivity (Wildman–Crippen MR) is 148 cm³/mol. The molecule has 1 N–H and O–H groups in total. The van der Waals surface area contributed by atoms with Gasteiger partial charge in [0.1, 0.15) is 5.01 Å². The number of hydrogen-bond donors (Lipinski definition) is 1. The fraction of sp³-hybridized carbons (Fsp3) is 0.207. The lowest BCUT2D eigenvalue weighted by molar-refractivity contribution is 0.343. The van der Waals surface area contributed by atoms with E-state index in [1.54, 1.807) is 29.5 Å².